The highest BCUT2D eigenvalue weighted by atomic mass is 32.2. The van der Waals surface area contributed by atoms with Gasteiger partial charge in [0, 0.05) is 25.2 Å². The Labute approximate surface area is 118 Å². The minimum Gasteiger partial charge on any atom is -0.486 e. The van der Waals surface area contributed by atoms with Crippen LogP contribution >= 0.6 is 0 Å². The van der Waals surface area contributed by atoms with Gasteiger partial charge in [0.1, 0.15) is 13.2 Å². The molecule has 2 aliphatic rings. The van der Waals surface area contributed by atoms with Crippen molar-refractivity contribution in [2.45, 2.75) is 17.4 Å². The van der Waals surface area contributed by atoms with Crippen LogP contribution < -0.4 is 14.8 Å². The molecule has 0 saturated carbocycles. The van der Waals surface area contributed by atoms with Crippen LogP contribution in [-0.4, -0.2) is 52.1 Å². The second-order valence-corrected chi connectivity index (χ2v) is 6.88. The summed E-state index contributed by atoms with van der Waals surface area (Å²) in [7, 11) is -1.61. The molecule has 7 heteroatoms. The Morgan fingerprint density at radius 1 is 1.25 bits per heavy atom. The number of ether oxygens (including phenoxy) is 2. The van der Waals surface area contributed by atoms with Gasteiger partial charge >= 0.3 is 0 Å². The van der Waals surface area contributed by atoms with Crippen molar-refractivity contribution in [2.75, 3.05) is 33.4 Å². The van der Waals surface area contributed by atoms with Gasteiger partial charge in [-0.15, -0.1) is 0 Å². The predicted octanol–water partition coefficient (Wildman–Crippen LogP) is 0.440. The minimum absolute atomic E-state index is 0.224. The Morgan fingerprint density at radius 3 is 2.70 bits per heavy atom. The lowest BCUT2D eigenvalue weighted by Gasteiger charge is -2.21. The molecular formula is C13H18N2O4S. The number of hydrogen-bond acceptors (Lipinski definition) is 5. The zero-order valence-corrected chi connectivity index (χ0v) is 12.1. The van der Waals surface area contributed by atoms with E-state index in [-0.39, 0.29) is 10.9 Å². The summed E-state index contributed by atoms with van der Waals surface area (Å²) in [5.74, 6) is 1.10. The molecule has 1 N–H and O–H groups in total. The van der Waals surface area contributed by atoms with E-state index in [0.29, 0.717) is 37.8 Å². The Hall–Kier alpha value is -1.31. The second kappa shape index (κ2) is 5.23. The number of likely N-dealkylation sites (N-methyl/N-ethyl adjacent to an activating group) is 1. The largest absolute Gasteiger partial charge is 0.486 e. The molecule has 1 saturated heterocycles. The maximum absolute atomic E-state index is 12.6. The van der Waals surface area contributed by atoms with Crippen molar-refractivity contribution in [3.63, 3.8) is 0 Å². The topological polar surface area (TPSA) is 67.9 Å². The molecule has 1 fully saturated rings. The first-order valence-corrected chi connectivity index (χ1v) is 8.12. The van der Waals surface area contributed by atoms with E-state index in [1.807, 2.05) is 7.05 Å². The Balaban J connectivity index is 1.88. The van der Waals surface area contributed by atoms with Crippen LogP contribution in [0, 0.1) is 0 Å². The summed E-state index contributed by atoms with van der Waals surface area (Å²) >= 11 is 0. The first-order valence-electron chi connectivity index (χ1n) is 6.68. The molecule has 6 nitrogen and oxygen atoms in total. The average molecular weight is 298 g/mol. The molecule has 0 aliphatic carbocycles. The van der Waals surface area contributed by atoms with Gasteiger partial charge < -0.3 is 14.8 Å². The summed E-state index contributed by atoms with van der Waals surface area (Å²) in [5, 5.41) is 3.12. The van der Waals surface area contributed by atoms with Crippen LogP contribution in [0.5, 0.6) is 11.5 Å². The predicted molar refractivity (Wildman–Crippen MR) is 73.7 cm³/mol. The van der Waals surface area contributed by atoms with Gasteiger partial charge in [-0.2, -0.15) is 4.31 Å². The van der Waals surface area contributed by atoms with Crippen molar-refractivity contribution in [3.05, 3.63) is 18.2 Å². The lowest BCUT2D eigenvalue weighted by molar-refractivity contribution is 0.171. The van der Waals surface area contributed by atoms with Gasteiger partial charge in [-0.1, -0.05) is 0 Å². The number of hydrogen-bond donors (Lipinski definition) is 1. The maximum Gasteiger partial charge on any atom is 0.243 e. The number of nitrogens with one attached hydrogen (secondary N) is 1. The van der Waals surface area contributed by atoms with Crippen molar-refractivity contribution < 1.29 is 17.9 Å². The van der Waals surface area contributed by atoms with E-state index >= 15 is 0 Å². The summed E-state index contributed by atoms with van der Waals surface area (Å²) in [5.41, 5.74) is 0. The smallest absolute Gasteiger partial charge is 0.243 e. The fourth-order valence-electron chi connectivity index (χ4n) is 2.52. The van der Waals surface area contributed by atoms with E-state index in [4.69, 9.17) is 9.47 Å². The lowest BCUT2D eigenvalue weighted by Crippen LogP contribution is -2.33. The zero-order chi connectivity index (χ0) is 14.2. The molecule has 3 rings (SSSR count). The summed E-state index contributed by atoms with van der Waals surface area (Å²) in [4.78, 5) is 0.263. The van der Waals surface area contributed by atoms with Crippen LogP contribution in [0.25, 0.3) is 0 Å². The minimum atomic E-state index is -3.46. The maximum atomic E-state index is 12.6. The van der Waals surface area contributed by atoms with Gasteiger partial charge in [-0.25, -0.2) is 8.42 Å². The molecule has 1 atom stereocenters. The van der Waals surface area contributed by atoms with Gasteiger partial charge in [0.2, 0.25) is 10.0 Å². The zero-order valence-electron chi connectivity index (χ0n) is 11.3. The molecule has 110 valence electrons. The Kier molecular flexibility index (Phi) is 3.57. The van der Waals surface area contributed by atoms with Gasteiger partial charge in [0.25, 0.3) is 0 Å². The molecule has 0 aromatic heterocycles. The van der Waals surface area contributed by atoms with E-state index in [1.54, 1.807) is 18.2 Å². The molecule has 0 amide bonds. The standard InChI is InChI=1S/C13H18N2O4S/c1-14-10-4-5-15(9-10)20(16,17)11-2-3-12-13(8-11)19-7-6-18-12/h2-3,8,10,14H,4-7,9H2,1H3. The van der Waals surface area contributed by atoms with Crippen molar-refractivity contribution in [1.82, 2.24) is 9.62 Å². The quantitative estimate of drug-likeness (QED) is 0.877. The van der Waals surface area contributed by atoms with E-state index in [2.05, 4.69) is 5.32 Å². The molecule has 2 aliphatic heterocycles. The van der Waals surface area contributed by atoms with E-state index in [9.17, 15) is 8.42 Å². The fraction of sp³-hybridized carbons (Fsp3) is 0.538. The van der Waals surface area contributed by atoms with Gasteiger partial charge in [0.15, 0.2) is 11.5 Å². The number of benzene rings is 1. The highest BCUT2D eigenvalue weighted by molar-refractivity contribution is 7.89. The summed E-state index contributed by atoms with van der Waals surface area (Å²) < 4.78 is 37.5. The molecule has 0 bridgehead atoms. The summed E-state index contributed by atoms with van der Waals surface area (Å²) in [6.45, 7) is 1.99. The molecule has 20 heavy (non-hydrogen) atoms. The van der Waals surface area contributed by atoms with E-state index < -0.39 is 10.0 Å². The van der Waals surface area contributed by atoms with Crippen LogP contribution in [0.4, 0.5) is 0 Å². The molecule has 0 spiro atoms. The summed E-state index contributed by atoms with van der Waals surface area (Å²) in [6, 6.07) is 5.01. The van der Waals surface area contributed by atoms with Crippen molar-refractivity contribution >= 4 is 10.0 Å². The van der Waals surface area contributed by atoms with Crippen LogP contribution in [-0.2, 0) is 10.0 Å². The third kappa shape index (κ3) is 2.36. The first-order chi connectivity index (χ1) is 9.61. The molecule has 1 aromatic carbocycles. The molecule has 1 aromatic rings. The first kappa shape index (κ1) is 13.7. The van der Waals surface area contributed by atoms with Crippen LogP contribution in [0.2, 0.25) is 0 Å². The van der Waals surface area contributed by atoms with Crippen LogP contribution in [0.1, 0.15) is 6.42 Å². The Bertz CT molecular complexity index is 602. The number of rotatable bonds is 3. The molecule has 2 heterocycles. The highest BCUT2D eigenvalue weighted by Crippen LogP contribution is 2.33. The molecular weight excluding hydrogens is 280 g/mol. The van der Waals surface area contributed by atoms with Gasteiger partial charge in [0.05, 0.1) is 4.90 Å². The number of sulfonamides is 1. The number of nitrogens with zero attached hydrogens (tertiary/aromatic N) is 1. The Morgan fingerprint density at radius 2 is 2.00 bits per heavy atom. The second-order valence-electron chi connectivity index (χ2n) is 4.94. The molecule has 1 unspecified atom stereocenters. The fourth-order valence-corrected chi connectivity index (χ4v) is 4.03. The molecule has 0 radical (unpaired) electrons. The van der Waals surface area contributed by atoms with E-state index in [1.165, 1.54) is 4.31 Å². The van der Waals surface area contributed by atoms with Crippen molar-refractivity contribution in [1.29, 1.82) is 0 Å². The third-order valence-corrected chi connectivity index (χ3v) is 5.57. The van der Waals surface area contributed by atoms with Gasteiger partial charge in [-0.3, -0.25) is 0 Å². The number of fused-ring (bicyclic) bond motifs is 1. The van der Waals surface area contributed by atoms with Crippen LogP contribution in [0.15, 0.2) is 23.1 Å². The average Bonchev–Trinajstić information content (AvgIpc) is 2.96. The lowest BCUT2D eigenvalue weighted by atomic mass is 10.3. The van der Waals surface area contributed by atoms with Crippen molar-refractivity contribution in [2.24, 2.45) is 0 Å². The van der Waals surface area contributed by atoms with E-state index in [0.717, 1.165) is 6.42 Å². The monoisotopic (exact) mass is 298 g/mol. The van der Waals surface area contributed by atoms with Crippen molar-refractivity contribution in [3.8, 4) is 11.5 Å². The van der Waals surface area contributed by atoms with Gasteiger partial charge in [-0.05, 0) is 25.6 Å². The highest BCUT2D eigenvalue weighted by Gasteiger charge is 2.32. The summed E-state index contributed by atoms with van der Waals surface area (Å²) in [6.07, 6.45) is 0.834. The van der Waals surface area contributed by atoms with Crippen LogP contribution in [0.3, 0.4) is 0 Å². The SMILES string of the molecule is CNC1CCN(S(=O)(=O)c2ccc3c(c2)OCCO3)C1. The third-order valence-electron chi connectivity index (χ3n) is 3.71. The normalized spacial score (nSPS) is 22.9.